The molecule has 0 bridgehead atoms. The minimum Gasteiger partial charge on any atom is -0.399 e. The second-order valence-electron chi connectivity index (χ2n) is 4.70. The lowest BCUT2D eigenvalue weighted by atomic mass is 10.1. The van der Waals surface area contributed by atoms with Gasteiger partial charge in [-0.3, -0.25) is 4.79 Å². The Kier molecular flexibility index (Phi) is 2.91. The second kappa shape index (κ2) is 4.59. The van der Waals surface area contributed by atoms with Crippen molar-refractivity contribution in [3.8, 4) is 0 Å². The van der Waals surface area contributed by atoms with Crippen molar-refractivity contribution in [2.75, 3.05) is 5.73 Å². The van der Waals surface area contributed by atoms with E-state index in [2.05, 4.69) is 12.1 Å². The van der Waals surface area contributed by atoms with E-state index in [0.29, 0.717) is 29.4 Å². The van der Waals surface area contributed by atoms with Gasteiger partial charge < -0.3 is 10.6 Å². The van der Waals surface area contributed by atoms with Crippen LogP contribution in [0, 0.1) is 0 Å². The topological polar surface area (TPSA) is 46.3 Å². The third kappa shape index (κ3) is 2.29. The van der Waals surface area contributed by atoms with Crippen LogP contribution in [0.2, 0.25) is 5.02 Å². The van der Waals surface area contributed by atoms with Gasteiger partial charge in [-0.05, 0) is 29.3 Å². The van der Waals surface area contributed by atoms with Gasteiger partial charge >= 0.3 is 0 Å². The van der Waals surface area contributed by atoms with Crippen LogP contribution >= 0.6 is 11.6 Å². The number of hydrogen-bond acceptors (Lipinski definition) is 2. The number of hydrogen-bond donors (Lipinski definition) is 1. The summed E-state index contributed by atoms with van der Waals surface area (Å²) in [6.45, 7) is 1.28. The molecule has 0 saturated carbocycles. The summed E-state index contributed by atoms with van der Waals surface area (Å²) in [5.74, 6) is -0.0367. The Bertz CT molecular complexity index is 609. The Labute approximate surface area is 116 Å². The number of benzene rings is 2. The van der Waals surface area contributed by atoms with Gasteiger partial charge in [0.25, 0.3) is 5.91 Å². The lowest BCUT2D eigenvalue weighted by Gasteiger charge is -2.15. The molecule has 2 N–H and O–H groups in total. The summed E-state index contributed by atoms with van der Waals surface area (Å²) in [5, 5.41) is 0.486. The average Bonchev–Trinajstić information content (AvgIpc) is 2.80. The number of halogens is 1. The van der Waals surface area contributed by atoms with E-state index < -0.39 is 0 Å². The molecular weight excluding hydrogens is 260 g/mol. The number of nitrogens with zero attached hydrogens (tertiary/aromatic N) is 1. The molecule has 19 heavy (non-hydrogen) atoms. The van der Waals surface area contributed by atoms with Gasteiger partial charge in [-0.15, -0.1) is 0 Å². The first-order valence-corrected chi connectivity index (χ1v) is 6.43. The first kappa shape index (κ1) is 12.1. The summed E-state index contributed by atoms with van der Waals surface area (Å²) < 4.78 is 0. The van der Waals surface area contributed by atoms with Gasteiger partial charge in [-0.25, -0.2) is 0 Å². The van der Waals surface area contributed by atoms with Gasteiger partial charge in [-0.1, -0.05) is 35.9 Å². The molecule has 1 aliphatic rings. The fourth-order valence-corrected chi connectivity index (χ4v) is 2.64. The molecule has 4 heteroatoms. The molecule has 0 radical (unpaired) electrons. The molecule has 1 aliphatic heterocycles. The van der Waals surface area contributed by atoms with Crippen LogP contribution in [0.5, 0.6) is 0 Å². The maximum Gasteiger partial charge on any atom is 0.254 e. The number of nitrogen functional groups attached to an aromatic ring is 1. The van der Waals surface area contributed by atoms with Crippen molar-refractivity contribution < 1.29 is 4.79 Å². The summed E-state index contributed by atoms with van der Waals surface area (Å²) >= 11 is 5.94. The van der Waals surface area contributed by atoms with Crippen LogP contribution in [0.25, 0.3) is 0 Å². The van der Waals surface area contributed by atoms with Crippen LogP contribution in [0.15, 0.2) is 42.5 Å². The molecule has 1 heterocycles. The highest BCUT2D eigenvalue weighted by atomic mass is 35.5. The molecule has 1 amide bonds. The van der Waals surface area contributed by atoms with Crippen molar-refractivity contribution in [2.24, 2.45) is 0 Å². The van der Waals surface area contributed by atoms with Crippen molar-refractivity contribution in [1.82, 2.24) is 4.90 Å². The first-order chi connectivity index (χ1) is 9.13. The van der Waals surface area contributed by atoms with Gasteiger partial charge in [0.05, 0.1) is 0 Å². The van der Waals surface area contributed by atoms with Crippen molar-refractivity contribution in [3.63, 3.8) is 0 Å². The van der Waals surface area contributed by atoms with E-state index >= 15 is 0 Å². The number of carbonyl (C=O) groups is 1. The molecule has 0 fully saturated rings. The predicted octanol–water partition coefficient (Wildman–Crippen LogP) is 3.08. The molecule has 0 spiro atoms. The third-order valence-corrected chi connectivity index (χ3v) is 3.51. The average molecular weight is 273 g/mol. The highest BCUT2D eigenvalue weighted by Crippen LogP contribution is 2.25. The summed E-state index contributed by atoms with van der Waals surface area (Å²) in [4.78, 5) is 14.2. The fraction of sp³-hybridized carbons (Fsp3) is 0.133. The van der Waals surface area contributed by atoms with Gasteiger partial charge in [0.1, 0.15) is 0 Å². The van der Waals surface area contributed by atoms with E-state index in [1.54, 1.807) is 23.1 Å². The number of fused-ring (bicyclic) bond motifs is 1. The summed E-state index contributed by atoms with van der Waals surface area (Å²) in [6.07, 6.45) is 0. The number of nitrogens with two attached hydrogens (primary N) is 1. The Balaban J connectivity index is 1.87. The van der Waals surface area contributed by atoms with Crippen molar-refractivity contribution in [1.29, 1.82) is 0 Å². The summed E-state index contributed by atoms with van der Waals surface area (Å²) in [6, 6.07) is 13.0. The number of rotatable bonds is 1. The molecular formula is C15H13ClN2O. The molecule has 3 nitrogen and oxygen atoms in total. The van der Waals surface area contributed by atoms with Gasteiger partial charge in [-0.2, -0.15) is 0 Å². The number of carbonyl (C=O) groups excluding carboxylic acids is 1. The minimum atomic E-state index is -0.0367. The number of amides is 1. The van der Waals surface area contributed by atoms with Gasteiger partial charge in [0.15, 0.2) is 0 Å². The normalized spacial score (nSPS) is 13.4. The molecule has 2 aromatic rings. The van der Waals surface area contributed by atoms with Crippen molar-refractivity contribution in [2.45, 2.75) is 13.1 Å². The molecule has 0 aliphatic carbocycles. The van der Waals surface area contributed by atoms with Crippen LogP contribution < -0.4 is 5.73 Å². The Morgan fingerprint density at radius 1 is 1.11 bits per heavy atom. The predicted molar refractivity (Wildman–Crippen MR) is 75.9 cm³/mol. The molecule has 2 aromatic carbocycles. The van der Waals surface area contributed by atoms with Crippen LogP contribution in [-0.4, -0.2) is 10.8 Å². The zero-order valence-electron chi connectivity index (χ0n) is 10.3. The zero-order valence-corrected chi connectivity index (χ0v) is 11.0. The molecule has 3 rings (SSSR count). The Morgan fingerprint density at radius 3 is 2.32 bits per heavy atom. The summed E-state index contributed by atoms with van der Waals surface area (Å²) in [7, 11) is 0. The SMILES string of the molecule is Nc1cc(Cl)cc(C(=O)N2Cc3ccccc3C2)c1. The van der Waals surface area contributed by atoms with Gasteiger partial charge in [0, 0.05) is 29.4 Å². The van der Waals surface area contributed by atoms with Crippen molar-refractivity contribution in [3.05, 3.63) is 64.2 Å². The minimum absolute atomic E-state index is 0.0367. The lowest BCUT2D eigenvalue weighted by molar-refractivity contribution is 0.0751. The fourth-order valence-electron chi connectivity index (χ4n) is 2.40. The van der Waals surface area contributed by atoms with Crippen LogP contribution in [0.1, 0.15) is 21.5 Å². The first-order valence-electron chi connectivity index (χ1n) is 6.05. The second-order valence-corrected chi connectivity index (χ2v) is 5.14. The molecule has 0 unspecified atom stereocenters. The van der Waals surface area contributed by atoms with E-state index in [1.807, 2.05) is 12.1 Å². The summed E-state index contributed by atoms with van der Waals surface area (Å²) in [5.41, 5.74) is 9.17. The van der Waals surface area contributed by atoms with E-state index in [1.165, 1.54) is 11.1 Å². The van der Waals surface area contributed by atoms with E-state index in [4.69, 9.17) is 17.3 Å². The van der Waals surface area contributed by atoms with E-state index in [-0.39, 0.29) is 5.91 Å². The number of anilines is 1. The van der Waals surface area contributed by atoms with Gasteiger partial charge in [0.2, 0.25) is 0 Å². The quantitative estimate of drug-likeness (QED) is 0.811. The highest BCUT2D eigenvalue weighted by molar-refractivity contribution is 6.31. The standard InChI is InChI=1S/C15H13ClN2O/c16-13-5-12(6-14(17)7-13)15(19)18-8-10-3-1-2-4-11(10)9-18/h1-7H,8-9,17H2. The van der Waals surface area contributed by atoms with Crippen molar-refractivity contribution >= 4 is 23.2 Å². The van der Waals surface area contributed by atoms with Crippen LogP contribution in [-0.2, 0) is 13.1 Å². The molecule has 0 saturated heterocycles. The largest absolute Gasteiger partial charge is 0.399 e. The lowest BCUT2D eigenvalue weighted by Crippen LogP contribution is -2.25. The van der Waals surface area contributed by atoms with E-state index in [0.717, 1.165) is 0 Å². The maximum atomic E-state index is 12.4. The molecule has 0 aromatic heterocycles. The highest BCUT2D eigenvalue weighted by Gasteiger charge is 2.24. The maximum absolute atomic E-state index is 12.4. The zero-order chi connectivity index (χ0) is 13.4. The molecule has 0 atom stereocenters. The van der Waals surface area contributed by atoms with Crippen LogP contribution in [0.4, 0.5) is 5.69 Å². The smallest absolute Gasteiger partial charge is 0.254 e. The molecule has 96 valence electrons. The Hall–Kier alpha value is -2.00. The monoisotopic (exact) mass is 272 g/mol. The Morgan fingerprint density at radius 2 is 1.74 bits per heavy atom. The van der Waals surface area contributed by atoms with Crippen LogP contribution in [0.3, 0.4) is 0 Å². The van der Waals surface area contributed by atoms with E-state index in [9.17, 15) is 4.79 Å². The third-order valence-electron chi connectivity index (χ3n) is 3.30.